The average molecular weight is 614 g/mol. The molecular formula is C41H40ClNO2. The molecule has 0 amide bonds. The Labute approximate surface area is 272 Å². The Morgan fingerprint density at radius 2 is 1.11 bits per heavy atom. The summed E-state index contributed by atoms with van der Waals surface area (Å²) in [6.45, 7) is 13.3. The molecule has 0 aliphatic carbocycles. The minimum Gasteiger partial charge on any atom is -0.495 e. The highest BCUT2D eigenvalue weighted by Crippen LogP contribution is 2.48. The summed E-state index contributed by atoms with van der Waals surface area (Å²) in [6, 6.07) is 40.2. The minimum absolute atomic E-state index is 0.0322. The summed E-state index contributed by atoms with van der Waals surface area (Å²) in [5, 5.41) is 2.65. The van der Waals surface area contributed by atoms with Crippen LogP contribution < -0.4 is 9.64 Å². The van der Waals surface area contributed by atoms with Crippen molar-refractivity contribution in [3.8, 4) is 28.4 Å². The zero-order chi connectivity index (χ0) is 31.9. The molecule has 5 aromatic carbocycles. The van der Waals surface area contributed by atoms with Crippen LogP contribution in [0.3, 0.4) is 0 Å². The van der Waals surface area contributed by atoms with Gasteiger partial charge in [-0.1, -0.05) is 126 Å². The topological polar surface area (TPSA) is 25.6 Å². The number of hydrogen-bond acceptors (Lipinski definition) is 3. The van der Waals surface area contributed by atoms with E-state index in [0.717, 1.165) is 56.0 Å². The molecule has 6 rings (SSSR count). The first-order valence-corrected chi connectivity index (χ1v) is 15.8. The van der Waals surface area contributed by atoms with E-state index in [1.54, 1.807) is 7.11 Å². The normalized spacial score (nSPS) is 12.0. The van der Waals surface area contributed by atoms with Crippen molar-refractivity contribution in [2.75, 3.05) is 12.0 Å². The Morgan fingerprint density at radius 1 is 0.578 bits per heavy atom. The fourth-order valence-corrected chi connectivity index (χ4v) is 6.01. The summed E-state index contributed by atoms with van der Waals surface area (Å²) in [5.41, 5.74) is 7.22. The number of hydrogen-bond donors (Lipinski definition) is 0. The molecular weight excluding hydrogens is 574 g/mol. The summed E-state index contributed by atoms with van der Waals surface area (Å²) in [5.74, 6) is 2.34. The second-order valence-corrected chi connectivity index (χ2v) is 14.0. The van der Waals surface area contributed by atoms with Gasteiger partial charge in [-0.25, -0.2) is 0 Å². The average Bonchev–Trinajstić information content (AvgIpc) is 3.41. The predicted octanol–water partition coefficient (Wildman–Crippen LogP) is 12.5. The minimum atomic E-state index is -0.117. The summed E-state index contributed by atoms with van der Waals surface area (Å²) in [4.78, 5) is 2.23. The molecule has 0 saturated carbocycles. The van der Waals surface area contributed by atoms with E-state index < -0.39 is 0 Å². The molecule has 3 nitrogen and oxygen atoms in total. The van der Waals surface area contributed by atoms with Crippen LogP contribution in [-0.4, -0.2) is 7.11 Å². The lowest BCUT2D eigenvalue weighted by atomic mass is 9.86. The maximum Gasteiger partial charge on any atom is 0.142 e. The van der Waals surface area contributed by atoms with Gasteiger partial charge in [0.05, 0.1) is 12.8 Å². The van der Waals surface area contributed by atoms with Crippen molar-refractivity contribution in [2.45, 2.75) is 52.4 Å². The van der Waals surface area contributed by atoms with Gasteiger partial charge in [-0.05, 0) is 64.4 Å². The highest BCUT2D eigenvalue weighted by molar-refractivity contribution is 6.35. The highest BCUT2D eigenvalue weighted by atomic mass is 35.5. The lowest BCUT2D eigenvalue weighted by molar-refractivity contribution is 0.413. The number of fused-ring (bicyclic) bond motifs is 1. The maximum absolute atomic E-state index is 7.17. The molecule has 0 aliphatic rings. The summed E-state index contributed by atoms with van der Waals surface area (Å²) < 4.78 is 12.5. The number of benzene rings is 5. The Hall–Kier alpha value is -4.47. The van der Waals surface area contributed by atoms with Gasteiger partial charge in [-0.2, -0.15) is 0 Å². The Kier molecular flexibility index (Phi) is 8.01. The van der Waals surface area contributed by atoms with Gasteiger partial charge >= 0.3 is 0 Å². The predicted molar refractivity (Wildman–Crippen MR) is 191 cm³/mol. The standard InChI is InChI=1S/C41H40ClNO2/c1-40(2,3)29-18-20-31(21-19-29)43(35-24-30(41(4,5)6)25-36(44-7)37(35)42)32-22-23-33-34(26-32)39(28-16-12-9-13-17-28)45-38(33)27-14-10-8-11-15-27/h8-26H,1-7H3. The third-order valence-corrected chi connectivity index (χ3v) is 8.74. The zero-order valence-corrected chi connectivity index (χ0v) is 27.9. The summed E-state index contributed by atoms with van der Waals surface area (Å²) in [7, 11) is 1.68. The summed E-state index contributed by atoms with van der Waals surface area (Å²) in [6.07, 6.45) is 0. The van der Waals surface area contributed by atoms with Gasteiger partial charge in [0.2, 0.25) is 0 Å². The Balaban J connectivity index is 1.63. The van der Waals surface area contributed by atoms with Crippen LogP contribution in [0.2, 0.25) is 5.02 Å². The second kappa shape index (κ2) is 11.8. The number of rotatable bonds is 6. The first-order chi connectivity index (χ1) is 21.5. The highest BCUT2D eigenvalue weighted by Gasteiger charge is 2.26. The lowest BCUT2D eigenvalue weighted by Crippen LogP contribution is -2.16. The van der Waals surface area contributed by atoms with Gasteiger partial charge in [0, 0.05) is 33.3 Å². The quantitative estimate of drug-likeness (QED) is 0.187. The molecule has 0 N–H and O–H groups in total. The van der Waals surface area contributed by atoms with E-state index in [1.807, 2.05) is 42.5 Å². The lowest BCUT2D eigenvalue weighted by Gasteiger charge is -2.30. The molecule has 0 fully saturated rings. The maximum atomic E-state index is 7.17. The van der Waals surface area contributed by atoms with Crippen molar-refractivity contribution < 1.29 is 9.15 Å². The van der Waals surface area contributed by atoms with Gasteiger partial charge in [0.1, 0.15) is 22.3 Å². The van der Waals surface area contributed by atoms with Gasteiger partial charge in [0.25, 0.3) is 0 Å². The molecule has 0 spiro atoms. The van der Waals surface area contributed by atoms with Crippen LogP contribution in [-0.2, 0) is 10.8 Å². The largest absolute Gasteiger partial charge is 0.495 e. The smallest absolute Gasteiger partial charge is 0.142 e. The van der Waals surface area contributed by atoms with Crippen molar-refractivity contribution >= 4 is 39.4 Å². The van der Waals surface area contributed by atoms with Crippen LogP contribution in [0.15, 0.2) is 120 Å². The van der Waals surface area contributed by atoms with E-state index in [2.05, 4.69) is 119 Å². The first-order valence-electron chi connectivity index (χ1n) is 15.4. The molecule has 0 aliphatic heterocycles. The van der Waals surface area contributed by atoms with Crippen LogP contribution in [0.1, 0.15) is 52.7 Å². The molecule has 6 aromatic rings. The Morgan fingerprint density at radius 3 is 1.64 bits per heavy atom. The molecule has 45 heavy (non-hydrogen) atoms. The van der Waals surface area contributed by atoms with Gasteiger partial charge in [-0.3, -0.25) is 0 Å². The molecule has 1 aromatic heterocycles. The van der Waals surface area contributed by atoms with Crippen LogP contribution in [0.5, 0.6) is 5.75 Å². The van der Waals surface area contributed by atoms with E-state index in [0.29, 0.717) is 10.8 Å². The van der Waals surface area contributed by atoms with Crippen molar-refractivity contribution in [3.05, 3.63) is 131 Å². The first kappa shape index (κ1) is 30.6. The molecule has 0 atom stereocenters. The fraction of sp³-hybridized carbons (Fsp3) is 0.220. The van der Waals surface area contributed by atoms with Crippen molar-refractivity contribution in [3.63, 3.8) is 0 Å². The van der Waals surface area contributed by atoms with Crippen LogP contribution in [0.4, 0.5) is 17.1 Å². The van der Waals surface area contributed by atoms with Crippen molar-refractivity contribution in [1.82, 2.24) is 0 Å². The third-order valence-electron chi connectivity index (χ3n) is 8.37. The number of anilines is 3. The third kappa shape index (κ3) is 5.98. The van der Waals surface area contributed by atoms with Crippen LogP contribution >= 0.6 is 11.6 Å². The zero-order valence-electron chi connectivity index (χ0n) is 27.1. The van der Waals surface area contributed by atoms with Crippen molar-refractivity contribution in [2.24, 2.45) is 0 Å². The van der Waals surface area contributed by atoms with Crippen LogP contribution in [0, 0.1) is 0 Å². The van der Waals surface area contributed by atoms with Gasteiger partial charge in [-0.15, -0.1) is 0 Å². The number of nitrogens with zero attached hydrogens (tertiary/aromatic N) is 1. The second-order valence-electron chi connectivity index (χ2n) is 13.6. The van der Waals surface area contributed by atoms with Crippen molar-refractivity contribution in [1.29, 1.82) is 0 Å². The monoisotopic (exact) mass is 613 g/mol. The number of methoxy groups -OCH3 is 1. The molecule has 228 valence electrons. The van der Waals surface area contributed by atoms with Crippen LogP contribution in [0.25, 0.3) is 33.4 Å². The molecule has 0 saturated heterocycles. The molecule has 4 heteroatoms. The number of furan rings is 1. The fourth-order valence-electron chi connectivity index (χ4n) is 5.74. The van der Waals surface area contributed by atoms with Gasteiger partial charge < -0.3 is 14.1 Å². The molecule has 0 bridgehead atoms. The summed E-state index contributed by atoms with van der Waals surface area (Å²) >= 11 is 7.17. The number of ether oxygens (including phenoxy) is 1. The van der Waals surface area contributed by atoms with E-state index in [-0.39, 0.29) is 10.8 Å². The SMILES string of the molecule is COc1cc(C(C)(C)C)cc(N(c2ccc(C(C)(C)C)cc2)c2ccc3c(-c4ccccc4)oc(-c4ccccc4)c3c2)c1Cl. The molecule has 0 unspecified atom stereocenters. The number of halogens is 1. The van der Waals surface area contributed by atoms with E-state index >= 15 is 0 Å². The van der Waals surface area contributed by atoms with E-state index in [9.17, 15) is 0 Å². The van der Waals surface area contributed by atoms with Gasteiger partial charge in [0.15, 0.2) is 0 Å². The van der Waals surface area contributed by atoms with E-state index in [4.69, 9.17) is 20.8 Å². The molecule has 1 heterocycles. The van der Waals surface area contributed by atoms with E-state index in [1.165, 1.54) is 5.56 Å². The Bertz CT molecular complexity index is 1940. The molecule has 0 radical (unpaired) electrons.